The predicted molar refractivity (Wildman–Crippen MR) is 124 cm³/mol. The molecule has 2 saturated heterocycles. The van der Waals surface area contributed by atoms with Crippen molar-refractivity contribution < 1.29 is 19.1 Å². The first-order valence-electron chi connectivity index (χ1n) is 11.8. The Hall–Kier alpha value is -2.00. The Morgan fingerprint density at radius 3 is 1.59 bits per heavy atom. The average Bonchev–Trinajstić information content (AvgIpc) is 2.84. The fraction of sp³-hybridized carbons (Fsp3) is 0.667. The lowest BCUT2D eigenvalue weighted by atomic mass is 10.1. The number of ether oxygens (including phenoxy) is 2. The number of carbonyl (C=O) groups excluding carboxylic acids is 2. The molecule has 0 spiro atoms. The second kappa shape index (κ2) is 12.9. The monoisotopic (exact) mass is 446 g/mol. The van der Waals surface area contributed by atoms with Gasteiger partial charge in [0.05, 0.1) is 12.2 Å². The molecule has 0 bridgehead atoms. The first kappa shape index (κ1) is 24.6. The van der Waals surface area contributed by atoms with Crippen molar-refractivity contribution >= 4 is 11.8 Å². The number of carbonyl (C=O) groups is 2. The summed E-state index contributed by atoms with van der Waals surface area (Å²) >= 11 is 0. The van der Waals surface area contributed by atoms with Gasteiger partial charge in [-0.2, -0.15) is 0 Å². The Bertz CT molecular complexity index is 671. The van der Waals surface area contributed by atoms with E-state index in [1.54, 1.807) is 38.5 Å². The Morgan fingerprint density at radius 1 is 0.812 bits per heavy atom. The molecule has 0 aromatic heterocycles. The van der Waals surface area contributed by atoms with Gasteiger partial charge in [0.15, 0.2) is 0 Å². The Kier molecular flexibility index (Phi) is 9.92. The van der Waals surface area contributed by atoms with Crippen LogP contribution in [0.1, 0.15) is 46.4 Å². The quantitative estimate of drug-likeness (QED) is 0.565. The average molecular weight is 447 g/mol. The highest BCUT2D eigenvalue weighted by molar-refractivity contribution is 5.99. The minimum Gasteiger partial charge on any atom is -0.381 e. The standard InChI is InChI=1S/C24H38N4O4/c1-31-21-6-12-27(13-7-21)16-10-25-23(29)19-4-3-5-20(18-19)24(30)26-11-17-28-14-8-22(32-2)9-15-28/h3-5,18,21-22H,6-17H2,1-2H3,(H,25,29)(H,26,30). The van der Waals surface area contributed by atoms with Gasteiger partial charge in [-0.3, -0.25) is 9.59 Å². The largest absolute Gasteiger partial charge is 0.381 e. The highest BCUT2D eigenvalue weighted by Crippen LogP contribution is 2.13. The molecule has 8 heteroatoms. The number of rotatable bonds is 10. The zero-order valence-corrected chi connectivity index (χ0v) is 19.5. The van der Waals surface area contributed by atoms with E-state index in [4.69, 9.17) is 9.47 Å². The lowest BCUT2D eigenvalue weighted by Gasteiger charge is -2.31. The minimum absolute atomic E-state index is 0.146. The molecule has 1 aromatic rings. The highest BCUT2D eigenvalue weighted by atomic mass is 16.5. The summed E-state index contributed by atoms with van der Waals surface area (Å²) in [6, 6.07) is 6.92. The molecule has 32 heavy (non-hydrogen) atoms. The van der Waals surface area contributed by atoms with Crippen LogP contribution in [0.2, 0.25) is 0 Å². The number of nitrogens with zero attached hydrogens (tertiary/aromatic N) is 2. The van der Waals surface area contributed by atoms with E-state index in [-0.39, 0.29) is 11.8 Å². The van der Waals surface area contributed by atoms with E-state index < -0.39 is 0 Å². The van der Waals surface area contributed by atoms with Crippen LogP contribution in [-0.2, 0) is 9.47 Å². The van der Waals surface area contributed by atoms with Crippen molar-refractivity contribution in [1.82, 2.24) is 20.4 Å². The van der Waals surface area contributed by atoms with Gasteiger partial charge in [0.25, 0.3) is 11.8 Å². The molecule has 0 saturated carbocycles. The molecule has 0 aliphatic carbocycles. The Labute approximate surface area is 191 Å². The lowest BCUT2D eigenvalue weighted by molar-refractivity contribution is 0.0413. The van der Waals surface area contributed by atoms with E-state index in [0.29, 0.717) is 36.4 Å². The number of amides is 2. The number of hydrogen-bond donors (Lipinski definition) is 2. The van der Waals surface area contributed by atoms with Gasteiger partial charge in [-0.25, -0.2) is 0 Å². The first-order chi connectivity index (χ1) is 15.6. The van der Waals surface area contributed by atoms with Gasteiger partial charge in [-0.1, -0.05) is 6.07 Å². The molecular weight excluding hydrogens is 408 g/mol. The maximum Gasteiger partial charge on any atom is 0.251 e. The zero-order chi connectivity index (χ0) is 22.8. The molecule has 178 valence electrons. The van der Waals surface area contributed by atoms with Crippen LogP contribution in [-0.4, -0.2) is 100 Å². The zero-order valence-electron chi connectivity index (χ0n) is 19.5. The molecule has 2 fully saturated rings. The second-order valence-electron chi connectivity index (χ2n) is 8.65. The minimum atomic E-state index is -0.146. The van der Waals surface area contributed by atoms with E-state index in [2.05, 4.69) is 20.4 Å². The van der Waals surface area contributed by atoms with Crippen molar-refractivity contribution in [1.29, 1.82) is 0 Å². The normalized spacial score (nSPS) is 19.1. The highest BCUT2D eigenvalue weighted by Gasteiger charge is 2.19. The summed E-state index contributed by atoms with van der Waals surface area (Å²) in [5.74, 6) is -0.292. The fourth-order valence-electron chi connectivity index (χ4n) is 4.40. The summed E-state index contributed by atoms with van der Waals surface area (Å²) in [5, 5.41) is 5.94. The summed E-state index contributed by atoms with van der Waals surface area (Å²) < 4.78 is 10.8. The van der Waals surface area contributed by atoms with Gasteiger partial charge in [0, 0.05) is 77.7 Å². The van der Waals surface area contributed by atoms with E-state index in [1.807, 2.05) is 0 Å². The molecular formula is C24H38N4O4. The van der Waals surface area contributed by atoms with E-state index in [9.17, 15) is 9.59 Å². The Morgan fingerprint density at radius 2 is 1.22 bits per heavy atom. The summed E-state index contributed by atoms with van der Waals surface area (Å²) in [4.78, 5) is 29.8. The van der Waals surface area contributed by atoms with Gasteiger partial charge < -0.3 is 29.9 Å². The lowest BCUT2D eigenvalue weighted by Crippen LogP contribution is -2.41. The number of likely N-dealkylation sites (tertiary alicyclic amines) is 2. The van der Waals surface area contributed by atoms with Gasteiger partial charge in [-0.05, 0) is 43.9 Å². The maximum atomic E-state index is 12.5. The molecule has 3 rings (SSSR count). The van der Waals surface area contributed by atoms with E-state index in [0.717, 1.165) is 65.0 Å². The maximum absolute atomic E-state index is 12.5. The third kappa shape index (κ3) is 7.55. The van der Waals surface area contributed by atoms with Gasteiger partial charge in [0.1, 0.15) is 0 Å². The molecule has 2 aliphatic heterocycles. The van der Waals surface area contributed by atoms with Crippen LogP contribution in [0.5, 0.6) is 0 Å². The number of nitrogens with one attached hydrogen (secondary N) is 2. The Balaban J connectivity index is 1.37. The van der Waals surface area contributed by atoms with Crippen LogP contribution >= 0.6 is 0 Å². The van der Waals surface area contributed by atoms with Crippen molar-refractivity contribution in [2.24, 2.45) is 0 Å². The summed E-state index contributed by atoms with van der Waals surface area (Å²) in [7, 11) is 3.53. The molecule has 2 aliphatic rings. The smallest absolute Gasteiger partial charge is 0.251 e. The van der Waals surface area contributed by atoms with E-state index in [1.165, 1.54) is 0 Å². The SMILES string of the molecule is COC1CCN(CCNC(=O)c2cccc(C(=O)NCCN3CCC(OC)CC3)c2)CC1. The molecule has 0 atom stereocenters. The van der Waals surface area contributed by atoms with Crippen LogP contribution in [0, 0.1) is 0 Å². The van der Waals surface area contributed by atoms with Crippen LogP contribution in [0.25, 0.3) is 0 Å². The fourth-order valence-corrected chi connectivity index (χ4v) is 4.40. The first-order valence-corrected chi connectivity index (χ1v) is 11.8. The van der Waals surface area contributed by atoms with Crippen LogP contribution in [0.4, 0.5) is 0 Å². The molecule has 2 amide bonds. The molecule has 2 N–H and O–H groups in total. The van der Waals surface area contributed by atoms with Crippen molar-refractivity contribution in [3.05, 3.63) is 35.4 Å². The van der Waals surface area contributed by atoms with Crippen LogP contribution in [0.3, 0.4) is 0 Å². The van der Waals surface area contributed by atoms with Crippen molar-refractivity contribution in [3.63, 3.8) is 0 Å². The van der Waals surface area contributed by atoms with Gasteiger partial charge in [0.2, 0.25) is 0 Å². The van der Waals surface area contributed by atoms with Crippen LogP contribution in [0.15, 0.2) is 24.3 Å². The predicted octanol–water partition coefficient (Wildman–Crippen LogP) is 1.37. The molecule has 1 aromatic carbocycles. The molecule has 8 nitrogen and oxygen atoms in total. The molecule has 2 heterocycles. The summed E-state index contributed by atoms with van der Waals surface area (Å²) in [6.45, 7) is 6.80. The van der Waals surface area contributed by atoms with Gasteiger partial charge >= 0.3 is 0 Å². The second-order valence-corrected chi connectivity index (χ2v) is 8.65. The molecule has 0 unspecified atom stereocenters. The number of piperidine rings is 2. The third-order valence-corrected chi connectivity index (χ3v) is 6.55. The van der Waals surface area contributed by atoms with Crippen molar-refractivity contribution in [3.8, 4) is 0 Å². The van der Waals surface area contributed by atoms with Crippen molar-refractivity contribution in [2.75, 3.05) is 66.6 Å². The van der Waals surface area contributed by atoms with Crippen molar-refractivity contribution in [2.45, 2.75) is 37.9 Å². The van der Waals surface area contributed by atoms with Gasteiger partial charge in [-0.15, -0.1) is 0 Å². The third-order valence-electron chi connectivity index (χ3n) is 6.55. The van der Waals surface area contributed by atoms with Crippen LogP contribution < -0.4 is 10.6 Å². The summed E-state index contributed by atoms with van der Waals surface area (Å²) in [5.41, 5.74) is 1.02. The summed E-state index contributed by atoms with van der Waals surface area (Å²) in [6.07, 6.45) is 4.86. The topological polar surface area (TPSA) is 83.1 Å². The van der Waals surface area contributed by atoms with E-state index >= 15 is 0 Å². The number of methoxy groups -OCH3 is 2. The molecule has 0 radical (unpaired) electrons. The number of hydrogen-bond acceptors (Lipinski definition) is 6. The number of benzene rings is 1.